The predicted molar refractivity (Wildman–Crippen MR) is 361 cm³/mol. The van der Waals surface area contributed by atoms with Crippen LogP contribution in [0.15, 0.2) is 170 Å². The van der Waals surface area contributed by atoms with Crippen molar-refractivity contribution >= 4 is 17.9 Å². The number of ether oxygens (including phenoxy) is 3. The monoisotopic (exact) mass is 1140 g/mol. The lowest BCUT2D eigenvalue weighted by Gasteiger charge is -2.18. The molecule has 0 fully saturated rings. The minimum atomic E-state index is -0.803. The summed E-state index contributed by atoms with van der Waals surface area (Å²) in [5, 5.41) is 0. The van der Waals surface area contributed by atoms with Gasteiger partial charge in [-0.2, -0.15) is 0 Å². The van der Waals surface area contributed by atoms with Crippen molar-refractivity contribution in [3.05, 3.63) is 170 Å². The van der Waals surface area contributed by atoms with Gasteiger partial charge in [-0.3, -0.25) is 14.4 Å². The predicted octanol–water partition coefficient (Wildman–Crippen LogP) is 23.4. The molecule has 1 atom stereocenters. The number of allylic oxidation sites excluding steroid dienone is 28. The van der Waals surface area contributed by atoms with E-state index in [4.69, 9.17) is 14.2 Å². The second-order valence-electron chi connectivity index (χ2n) is 21.6. The van der Waals surface area contributed by atoms with E-state index >= 15 is 0 Å². The van der Waals surface area contributed by atoms with Crippen molar-refractivity contribution in [1.29, 1.82) is 0 Å². The lowest BCUT2D eigenvalue weighted by Crippen LogP contribution is -2.30. The minimum Gasteiger partial charge on any atom is -0.462 e. The Balaban J connectivity index is 4.21. The number of hydrogen-bond donors (Lipinski definition) is 0. The zero-order valence-electron chi connectivity index (χ0n) is 53.4. The van der Waals surface area contributed by atoms with E-state index in [1.54, 1.807) is 0 Å². The van der Waals surface area contributed by atoms with Gasteiger partial charge < -0.3 is 14.2 Å². The van der Waals surface area contributed by atoms with Gasteiger partial charge in [-0.1, -0.05) is 294 Å². The van der Waals surface area contributed by atoms with Crippen LogP contribution in [-0.4, -0.2) is 37.2 Å². The highest BCUT2D eigenvalue weighted by atomic mass is 16.6. The molecule has 466 valence electrons. The van der Waals surface area contributed by atoms with Gasteiger partial charge in [0.2, 0.25) is 0 Å². The molecule has 0 amide bonds. The third kappa shape index (κ3) is 67.4. The van der Waals surface area contributed by atoms with Crippen molar-refractivity contribution in [3.8, 4) is 0 Å². The summed E-state index contributed by atoms with van der Waals surface area (Å²) in [4.78, 5) is 38.1. The van der Waals surface area contributed by atoms with Crippen LogP contribution in [0.2, 0.25) is 0 Å². The SMILES string of the molecule is CC/C=C\C/C=C\C/C=C\C/C=C\C/C=C\C/C=C\C/C=C\CCCCCCCCCCCCCC(=O)OCC(COC(=O)CCCCCCCCC)OC(=O)CCCCC/C=C\C/C=C\C/C=C\C/C=C\C/C=C\C/C=C\C/C=C\CC. The molecule has 0 radical (unpaired) electrons. The van der Waals surface area contributed by atoms with E-state index in [-0.39, 0.29) is 37.5 Å². The van der Waals surface area contributed by atoms with E-state index in [2.05, 4.69) is 191 Å². The first-order valence-electron chi connectivity index (χ1n) is 33.6. The van der Waals surface area contributed by atoms with Gasteiger partial charge >= 0.3 is 17.9 Å². The first kappa shape index (κ1) is 77.8. The molecular weight excluding hydrogens is 1020 g/mol. The van der Waals surface area contributed by atoms with Crippen LogP contribution in [0, 0.1) is 0 Å². The Morgan fingerprint density at radius 2 is 0.470 bits per heavy atom. The van der Waals surface area contributed by atoms with Gasteiger partial charge in [0.25, 0.3) is 0 Å². The molecular formula is C77H122O6. The zero-order valence-corrected chi connectivity index (χ0v) is 53.4. The second-order valence-corrected chi connectivity index (χ2v) is 21.6. The van der Waals surface area contributed by atoms with Crippen LogP contribution < -0.4 is 0 Å². The van der Waals surface area contributed by atoms with Gasteiger partial charge in [-0.15, -0.1) is 0 Å². The summed E-state index contributed by atoms with van der Waals surface area (Å²) in [6.07, 6.45) is 102. The van der Waals surface area contributed by atoms with Crippen LogP contribution >= 0.6 is 0 Å². The molecule has 0 spiro atoms. The highest BCUT2D eigenvalue weighted by molar-refractivity contribution is 5.71. The molecule has 1 unspecified atom stereocenters. The molecule has 0 bridgehead atoms. The Labute approximate surface area is 511 Å². The maximum atomic E-state index is 12.9. The van der Waals surface area contributed by atoms with Crippen LogP contribution in [0.3, 0.4) is 0 Å². The Morgan fingerprint density at radius 3 is 0.747 bits per heavy atom. The van der Waals surface area contributed by atoms with Gasteiger partial charge in [-0.05, 0) is 135 Å². The summed E-state index contributed by atoms with van der Waals surface area (Å²) in [5.41, 5.74) is 0. The smallest absolute Gasteiger partial charge is 0.306 e. The summed E-state index contributed by atoms with van der Waals surface area (Å²) >= 11 is 0. The Kier molecular flexibility index (Phi) is 64.9. The van der Waals surface area contributed by atoms with Crippen molar-refractivity contribution in [2.24, 2.45) is 0 Å². The molecule has 0 saturated heterocycles. The van der Waals surface area contributed by atoms with Crippen molar-refractivity contribution in [3.63, 3.8) is 0 Å². The molecule has 0 aromatic rings. The second kappa shape index (κ2) is 69.3. The van der Waals surface area contributed by atoms with Crippen molar-refractivity contribution in [2.45, 2.75) is 284 Å². The van der Waals surface area contributed by atoms with Crippen molar-refractivity contribution < 1.29 is 28.6 Å². The van der Waals surface area contributed by atoms with Crippen LogP contribution in [0.25, 0.3) is 0 Å². The van der Waals surface area contributed by atoms with E-state index in [0.717, 1.165) is 154 Å². The number of hydrogen-bond acceptors (Lipinski definition) is 6. The molecule has 0 aliphatic carbocycles. The molecule has 0 aliphatic heterocycles. The third-order valence-electron chi connectivity index (χ3n) is 13.7. The van der Waals surface area contributed by atoms with E-state index in [1.165, 1.54) is 83.5 Å². The quantitative estimate of drug-likeness (QED) is 0.0261. The zero-order chi connectivity index (χ0) is 59.9. The molecule has 0 rings (SSSR count). The van der Waals surface area contributed by atoms with Gasteiger partial charge in [0.05, 0.1) is 0 Å². The summed E-state index contributed by atoms with van der Waals surface area (Å²) < 4.78 is 16.8. The number of carbonyl (C=O) groups is 3. The fraction of sp³-hybridized carbons (Fsp3) is 0.597. The molecule has 0 heterocycles. The Hall–Kier alpha value is -5.23. The molecule has 0 aromatic carbocycles. The summed E-state index contributed by atoms with van der Waals surface area (Å²) in [6, 6.07) is 0. The topological polar surface area (TPSA) is 78.9 Å². The maximum absolute atomic E-state index is 12.9. The standard InChI is InChI=1S/C77H122O6/c1-4-7-10-13-16-18-20-22-24-26-28-30-32-34-35-36-37-38-39-40-41-43-44-46-48-50-52-54-56-58-61-64-67-70-76(79)82-73-74(72-81-75(78)69-66-63-60-15-12-9-6-3)83-77(80)71-68-65-62-59-57-55-53-51-49-47-45-42-33-31-29-27-25-23-21-19-17-14-11-8-5-2/h7-8,10-11,16-19,22-25,28-31,34-35,37-38,40-42,45,49,51,55,57,74H,4-6,9,12-15,20-21,26-27,32-33,36,39,43-44,46-48,50,52-54,56,58-73H2,1-3H3/b10-7-,11-8-,18-16-,19-17-,24-22-,25-23-,30-28-,31-29-,35-34-,38-37-,41-40-,45-42-,51-49-,57-55-. The van der Waals surface area contributed by atoms with Crippen molar-refractivity contribution in [1.82, 2.24) is 0 Å². The van der Waals surface area contributed by atoms with Gasteiger partial charge in [0.1, 0.15) is 13.2 Å². The van der Waals surface area contributed by atoms with E-state index in [9.17, 15) is 14.4 Å². The lowest BCUT2D eigenvalue weighted by atomic mass is 10.0. The largest absolute Gasteiger partial charge is 0.462 e. The number of rotatable bonds is 59. The van der Waals surface area contributed by atoms with Crippen molar-refractivity contribution in [2.75, 3.05) is 13.2 Å². The maximum Gasteiger partial charge on any atom is 0.306 e. The first-order chi connectivity index (χ1) is 41.0. The summed E-state index contributed by atoms with van der Waals surface area (Å²) in [7, 11) is 0. The molecule has 0 aromatic heterocycles. The average molecular weight is 1140 g/mol. The lowest BCUT2D eigenvalue weighted by molar-refractivity contribution is -0.167. The summed E-state index contributed by atoms with van der Waals surface area (Å²) in [5.74, 6) is -0.944. The number of carbonyl (C=O) groups excluding carboxylic acids is 3. The van der Waals surface area contributed by atoms with E-state index in [0.29, 0.717) is 12.8 Å². The van der Waals surface area contributed by atoms with Gasteiger partial charge in [0.15, 0.2) is 6.10 Å². The fourth-order valence-electron chi connectivity index (χ4n) is 8.76. The minimum absolute atomic E-state index is 0.0976. The average Bonchev–Trinajstić information content (AvgIpc) is 3.50. The molecule has 0 N–H and O–H groups in total. The molecule has 6 heteroatoms. The fourth-order valence-corrected chi connectivity index (χ4v) is 8.76. The van der Waals surface area contributed by atoms with E-state index < -0.39 is 6.10 Å². The molecule has 0 aliphatic rings. The van der Waals surface area contributed by atoms with E-state index in [1.807, 2.05) is 0 Å². The highest BCUT2D eigenvalue weighted by Gasteiger charge is 2.19. The Morgan fingerprint density at radius 1 is 0.253 bits per heavy atom. The third-order valence-corrected chi connectivity index (χ3v) is 13.7. The van der Waals surface area contributed by atoms with Crippen LogP contribution in [-0.2, 0) is 28.6 Å². The molecule has 0 saturated carbocycles. The first-order valence-corrected chi connectivity index (χ1v) is 33.6. The molecule has 6 nitrogen and oxygen atoms in total. The Bertz CT molecular complexity index is 1890. The number of esters is 3. The van der Waals surface area contributed by atoms with Gasteiger partial charge in [-0.25, -0.2) is 0 Å². The number of unbranched alkanes of at least 4 members (excludes halogenated alkanes) is 20. The van der Waals surface area contributed by atoms with Crippen LogP contribution in [0.1, 0.15) is 278 Å². The normalized spacial score (nSPS) is 13.2. The van der Waals surface area contributed by atoms with Gasteiger partial charge in [0, 0.05) is 19.3 Å². The highest BCUT2D eigenvalue weighted by Crippen LogP contribution is 2.15. The molecule has 83 heavy (non-hydrogen) atoms. The van der Waals surface area contributed by atoms with Crippen LogP contribution in [0.5, 0.6) is 0 Å². The summed E-state index contributed by atoms with van der Waals surface area (Å²) in [6.45, 7) is 6.33. The van der Waals surface area contributed by atoms with Crippen LogP contribution in [0.4, 0.5) is 0 Å².